The molecule has 1 aromatic rings. The van der Waals surface area contributed by atoms with E-state index in [0.717, 1.165) is 12.6 Å². The molecule has 19 heavy (non-hydrogen) atoms. The van der Waals surface area contributed by atoms with Crippen molar-refractivity contribution in [3.05, 3.63) is 33.8 Å². The summed E-state index contributed by atoms with van der Waals surface area (Å²) in [4.78, 5) is 2.50. The van der Waals surface area contributed by atoms with Gasteiger partial charge in [-0.3, -0.25) is 0 Å². The first-order valence-electron chi connectivity index (χ1n) is 7.43. The van der Waals surface area contributed by atoms with Gasteiger partial charge in [0.1, 0.15) is 0 Å². The topological polar surface area (TPSA) is 15.3 Å². The van der Waals surface area contributed by atoms with Gasteiger partial charge in [0, 0.05) is 29.6 Å². The molecular formula is C16H23BrN2. The molecule has 1 unspecified atom stereocenters. The maximum absolute atomic E-state index is 3.74. The third kappa shape index (κ3) is 3.59. The van der Waals surface area contributed by atoms with Crippen molar-refractivity contribution in [3.63, 3.8) is 0 Å². The summed E-state index contributed by atoms with van der Waals surface area (Å²) in [5.74, 6) is 0. The third-order valence-corrected chi connectivity index (χ3v) is 4.96. The lowest BCUT2D eigenvalue weighted by Gasteiger charge is -2.27. The predicted molar refractivity (Wildman–Crippen MR) is 83.6 cm³/mol. The van der Waals surface area contributed by atoms with Gasteiger partial charge in [0.25, 0.3) is 0 Å². The van der Waals surface area contributed by atoms with E-state index in [4.69, 9.17) is 0 Å². The van der Waals surface area contributed by atoms with Gasteiger partial charge in [-0.15, -0.1) is 0 Å². The minimum absolute atomic E-state index is 0.668. The van der Waals surface area contributed by atoms with E-state index in [1.54, 1.807) is 0 Å². The monoisotopic (exact) mass is 322 g/mol. The fourth-order valence-corrected chi connectivity index (χ4v) is 3.45. The van der Waals surface area contributed by atoms with Gasteiger partial charge in [0.15, 0.2) is 0 Å². The molecule has 1 fully saturated rings. The second kappa shape index (κ2) is 5.94. The second-order valence-corrected chi connectivity index (χ2v) is 6.93. The first-order valence-corrected chi connectivity index (χ1v) is 8.22. The number of hydrogen-bond acceptors (Lipinski definition) is 2. The van der Waals surface area contributed by atoms with E-state index in [-0.39, 0.29) is 0 Å². The summed E-state index contributed by atoms with van der Waals surface area (Å²) in [6.45, 7) is 2.32. The van der Waals surface area contributed by atoms with E-state index in [0.29, 0.717) is 6.04 Å². The molecule has 3 heteroatoms. The molecule has 0 aliphatic heterocycles. The molecule has 104 valence electrons. The smallest absolute Gasteiger partial charge is 0.0178 e. The number of nitrogens with one attached hydrogen (secondary N) is 1. The molecule has 0 bridgehead atoms. The van der Waals surface area contributed by atoms with E-state index in [1.807, 2.05) is 0 Å². The molecule has 3 rings (SSSR count). The van der Waals surface area contributed by atoms with Gasteiger partial charge in [-0.05, 0) is 62.4 Å². The van der Waals surface area contributed by atoms with E-state index >= 15 is 0 Å². The van der Waals surface area contributed by atoms with Crippen molar-refractivity contribution < 1.29 is 0 Å². The van der Waals surface area contributed by atoms with Gasteiger partial charge in [0.2, 0.25) is 0 Å². The number of hydrogen-bond donors (Lipinski definition) is 1. The Morgan fingerprint density at radius 3 is 2.89 bits per heavy atom. The lowest BCUT2D eigenvalue weighted by Crippen LogP contribution is -2.39. The summed E-state index contributed by atoms with van der Waals surface area (Å²) >= 11 is 3.56. The highest BCUT2D eigenvalue weighted by Crippen LogP contribution is 2.26. The zero-order valence-electron chi connectivity index (χ0n) is 11.7. The number of halogens is 1. The first-order chi connectivity index (χ1) is 9.22. The second-order valence-electron chi connectivity index (χ2n) is 6.02. The van der Waals surface area contributed by atoms with Crippen molar-refractivity contribution in [3.8, 4) is 0 Å². The highest BCUT2D eigenvalue weighted by atomic mass is 79.9. The average molecular weight is 323 g/mol. The van der Waals surface area contributed by atoms with Crippen molar-refractivity contribution in [2.45, 2.75) is 44.2 Å². The van der Waals surface area contributed by atoms with Crippen LogP contribution in [0.15, 0.2) is 22.7 Å². The minimum Gasteiger partial charge on any atom is -0.312 e. The maximum atomic E-state index is 3.74. The van der Waals surface area contributed by atoms with E-state index < -0.39 is 0 Å². The molecule has 0 saturated heterocycles. The third-order valence-electron chi connectivity index (χ3n) is 4.46. The van der Waals surface area contributed by atoms with Gasteiger partial charge in [-0.1, -0.05) is 22.0 Å². The highest BCUT2D eigenvalue weighted by molar-refractivity contribution is 9.10. The van der Waals surface area contributed by atoms with Crippen LogP contribution in [-0.4, -0.2) is 37.1 Å². The Hall–Kier alpha value is -0.380. The van der Waals surface area contributed by atoms with E-state index in [2.05, 4.69) is 51.4 Å². The van der Waals surface area contributed by atoms with E-state index in [9.17, 15) is 0 Å². The van der Waals surface area contributed by atoms with Crippen molar-refractivity contribution in [2.24, 2.45) is 0 Å². The van der Waals surface area contributed by atoms with Gasteiger partial charge in [-0.25, -0.2) is 0 Å². The number of rotatable bonds is 5. The Morgan fingerprint density at radius 2 is 2.11 bits per heavy atom. The Morgan fingerprint density at radius 1 is 1.26 bits per heavy atom. The molecular weight excluding hydrogens is 300 g/mol. The Balaban J connectivity index is 1.47. The SMILES string of the molecule is CN(CCNC1CCc2cc(Br)ccc2C1)C1CC1. The van der Waals surface area contributed by atoms with E-state index in [1.165, 1.54) is 54.2 Å². The molecule has 0 spiro atoms. The zero-order valence-corrected chi connectivity index (χ0v) is 13.2. The highest BCUT2D eigenvalue weighted by Gasteiger charge is 2.25. The van der Waals surface area contributed by atoms with Crippen LogP contribution in [0.4, 0.5) is 0 Å². The van der Waals surface area contributed by atoms with Gasteiger partial charge >= 0.3 is 0 Å². The van der Waals surface area contributed by atoms with Crippen LogP contribution < -0.4 is 5.32 Å². The fraction of sp³-hybridized carbons (Fsp3) is 0.625. The summed E-state index contributed by atoms with van der Waals surface area (Å²) in [5.41, 5.74) is 3.06. The number of nitrogens with zero attached hydrogens (tertiary/aromatic N) is 1. The van der Waals surface area contributed by atoms with Crippen LogP contribution in [0.5, 0.6) is 0 Å². The molecule has 2 nitrogen and oxygen atoms in total. The predicted octanol–water partition coefficient (Wildman–Crippen LogP) is 2.99. The number of likely N-dealkylation sites (N-methyl/N-ethyl adjacent to an activating group) is 1. The Kier molecular flexibility index (Phi) is 4.25. The molecule has 0 radical (unpaired) electrons. The maximum Gasteiger partial charge on any atom is 0.0178 e. The van der Waals surface area contributed by atoms with Crippen molar-refractivity contribution in [2.75, 3.05) is 20.1 Å². The van der Waals surface area contributed by atoms with Gasteiger partial charge in [0.05, 0.1) is 0 Å². The molecule has 1 atom stereocenters. The van der Waals surface area contributed by atoms with Gasteiger partial charge in [-0.2, -0.15) is 0 Å². The standard InChI is InChI=1S/C16H23BrN2/c1-19(16-6-7-16)9-8-18-15-5-3-12-10-14(17)4-2-13(12)11-15/h2,4,10,15-16,18H,3,5-9,11H2,1H3. The Bertz CT molecular complexity index is 442. The molecule has 1 aromatic carbocycles. The summed E-state index contributed by atoms with van der Waals surface area (Å²) in [6.07, 6.45) is 6.49. The lowest BCUT2D eigenvalue weighted by atomic mass is 9.88. The first kappa shape index (κ1) is 13.6. The average Bonchev–Trinajstić information content (AvgIpc) is 3.23. The number of fused-ring (bicyclic) bond motifs is 1. The zero-order chi connectivity index (χ0) is 13.2. The van der Waals surface area contributed by atoms with Crippen LogP contribution in [-0.2, 0) is 12.8 Å². The quantitative estimate of drug-likeness (QED) is 0.896. The number of benzene rings is 1. The van der Waals surface area contributed by atoms with Crippen LogP contribution in [0, 0.1) is 0 Å². The Labute approximate surface area is 124 Å². The van der Waals surface area contributed by atoms with Crippen LogP contribution in [0.3, 0.4) is 0 Å². The summed E-state index contributed by atoms with van der Waals surface area (Å²) in [5, 5.41) is 3.74. The minimum atomic E-state index is 0.668. The van der Waals surface area contributed by atoms with Crippen molar-refractivity contribution in [1.82, 2.24) is 10.2 Å². The van der Waals surface area contributed by atoms with Crippen molar-refractivity contribution >= 4 is 15.9 Å². The van der Waals surface area contributed by atoms with Gasteiger partial charge < -0.3 is 10.2 Å². The largest absolute Gasteiger partial charge is 0.312 e. The molecule has 0 aromatic heterocycles. The summed E-state index contributed by atoms with van der Waals surface area (Å²) in [6, 6.07) is 8.28. The lowest BCUT2D eigenvalue weighted by molar-refractivity contribution is 0.310. The molecule has 2 aliphatic carbocycles. The molecule has 0 heterocycles. The van der Waals surface area contributed by atoms with Crippen LogP contribution in [0.2, 0.25) is 0 Å². The molecule has 2 aliphatic rings. The number of aryl methyl sites for hydroxylation is 1. The fourth-order valence-electron chi connectivity index (χ4n) is 3.04. The molecule has 0 amide bonds. The van der Waals surface area contributed by atoms with Crippen LogP contribution in [0.1, 0.15) is 30.4 Å². The van der Waals surface area contributed by atoms with Crippen LogP contribution in [0.25, 0.3) is 0 Å². The normalized spacial score (nSPS) is 22.6. The van der Waals surface area contributed by atoms with Crippen molar-refractivity contribution in [1.29, 1.82) is 0 Å². The summed E-state index contributed by atoms with van der Waals surface area (Å²) < 4.78 is 1.21. The molecule has 1 saturated carbocycles. The summed E-state index contributed by atoms with van der Waals surface area (Å²) in [7, 11) is 2.26. The molecule has 1 N–H and O–H groups in total. The van der Waals surface area contributed by atoms with Crippen LogP contribution >= 0.6 is 15.9 Å².